The number of fused-ring (bicyclic) bond motifs is 1. The van der Waals surface area contributed by atoms with Crippen LogP contribution in [0.25, 0.3) is 0 Å². The summed E-state index contributed by atoms with van der Waals surface area (Å²) < 4.78 is 5.00. The van der Waals surface area contributed by atoms with Gasteiger partial charge in [0.15, 0.2) is 5.82 Å². The van der Waals surface area contributed by atoms with E-state index in [2.05, 4.69) is 20.4 Å². The molecule has 1 aromatic heterocycles. The van der Waals surface area contributed by atoms with E-state index in [4.69, 9.17) is 10.3 Å². The number of carbonyl (C=O) groups excluding carboxylic acids is 1. The Balaban J connectivity index is 1.72. The Morgan fingerprint density at radius 2 is 2.26 bits per heavy atom. The van der Waals surface area contributed by atoms with Crippen molar-refractivity contribution in [3.63, 3.8) is 0 Å². The summed E-state index contributed by atoms with van der Waals surface area (Å²) in [6.07, 6.45) is 4.59. The van der Waals surface area contributed by atoms with Crippen LogP contribution in [-0.2, 0) is 17.9 Å². The second kappa shape index (κ2) is 5.26. The molecular weight excluding hydrogens is 246 g/mol. The molecule has 7 heteroatoms. The van der Waals surface area contributed by atoms with E-state index in [1.165, 1.54) is 12.8 Å². The quantitative estimate of drug-likeness (QED) is 0.783. The summed E-state index contributed by atoms with van der Waals surface area (Å²) >= 11 is 0. The number of nitrogens with one attached hydrogen (secondary N) is 1. The lowest BCUT2D eigenvalue weighted by Gasteiger charge is -2.43. The van der Waals surface area contributed by atoms with E-state index >= 15 is 0 Å². The van der Waals surface area contributed by atoms with Gasteiger partial charge in [-0.25, -0.2) is 0 Å². The van der Waals surface area contributed by atoms with Crippen LogP contribution in [0.4, 0.5) is 0 Å². The molecule has 3 N–H and O–H groups in total. The SMILES string of the molecule is NCc1nc(CN2CC(=O)NC3CCCCC32)no1. The van der Waals surface area contributed by atoms with Gasteiger partial charge in [-0.1, -0.05) is 18.0 Å². The second-order valence-electron chi connectivity index (χ2n) is 5.24. The lowest BCUT2D eigenvalue weighted by Crippen LogP contribution is -2.61. The first-order chi connectivity index (χ1) is 9.26. The zero-order chi connectivity index (χ0) is 13.2. The monoisotopic (exact) mass is 265 g/mol. The van der Waals surface area contributed by atoms with E-state index in [1.54, 1.807) is 0 Å². The van der Waals surface area contributed by atoms with Crippen LogP contribution >= 0.6 is 0 Å². The van der Waals surface area contributed by atoms with E-state index in [-0.39, 0.29) is 18.5 Å². The minimum atomic E-state index is 0.0886. The predicted molar refractivity (Wildman–Crippen MR) is 66.8 cm³/mol. The van der Waals surface area contributed by atoms with Gasteiger partial charge < -0.3 is 15.6 Å². The molecule has 1 saturated heterocycles. The molecule has 0 aromatic carbocycles. The van der Waals surface area contributed by atoms with Crippen LogP contribution in [0, 0.1) is 0 Å². The normalized spacial score (nSPS) is 27.9. The van der Waals surface area contributed by atoms with Crippen molar-refractivity contribution in [1.82, 2.24) is 20.4 Å². The molecule has 7 nitrogen and oxygen atoms in total. The lowest BCUT2D eigenvalue weighted by atomic mass is 9.87. The zero-order valence-corrected chi connectivity index (χ0v) is 10.8. The smallest absolute Gasteiger partial charge is 0.240 e. The molecule has 3 rings (SSSR count). The number of hydrogen-bond acceptors (Lipinski definition) is 6. The molecule has 2 aliphatic rings. The van der Waals surface area contributed by atoms with Crippen molar-refractivity contribution in [3.8, 4) is 0 Å². The van der Waals surface area contributed by atoms with Crippen LogP contribution in [0.2, 0.25) is 0 Å². The first kappa shape index (κ1) is 12.6. The lowest BCUT2D eigenvalue weighted by molar-refractivity contribution is -0.128. The molecule has 1 amide bonds. The van der Waals surface area contributed by atoms with Gasteiger partial charge in [-0.3, -0.25) is 9.69 Å². The summed E-state index contributed by atoms with van der Waals surface area (Å²) in [5.41, 5.74) is 5.45. The Labute approximate surface area is 111 Å². The zero-order valence-electron chi connectivity index (χ0n) is 10.8. The third-order valence-corrected chi connectivity index (χ3v) is 3.92. The molecule has 104 valence electrons. The highest BCUT2D eigenvalue weighted by molar-refractivity contribution is 5.79. The highest BCUT2D eigenvalue weighted by Gasteiger charge is 2.36. The van der Waals surface area contributed by atoms with E-state index in [0.29, 0.717) is 30.8 Å². The Kier molecular flexibility index (Phi) is 3.48. The highest BCUT2D eigenvalue weighted by atomic mass is 16.5. The Morgan fingerprint density at radius 1 is 1.42 bits per heavy atom. The summed E-state index contributed by atoms with van der Waals surface area (Å²) in [5.74, 6) is 1.14. The van der Waals surface area contributed by atoms with Gasteiger partial charge in [0, 0.05) is 12.1 Å². The molecule has 1 saturated carbocycles. The van der Waals surface area contributed by atoms with Crippen LogP contribution in [-0.4, -0.2) is 39.6 Å². The number of nitrogens with zero attached hydrogens (tertiary/aromatic N) is 3. The van der Waals surface area contributed by atoms with Crippen molar-refractivity contribution < 1.29 is 9.32 Å². The van der Waals surface area contributed by atoms with Crippen molar-refractivity contribution in [2.45, 2.75) is 50.9 Å². The number of carbonyl (C=O) groups is 1. The highest BCUT2D eigenvalue weighted by Crippen LogP contribution is 2.26. The molecule has 1 aliphatic heterocycles. The van der Waals surface area contributed by atoms with Crippen LogP contribution in [0.15, 0.2) is 4.52 Å². The van der Waals surface area contributed by atoms with Crippen molar-refractivity contribution in [1.29, 1.82) is 0 Å². The van der Waals surface area contributed by atoms with Crippen LogP contribution < -0.4 is 11.1 Å². The van der Waals surface area contributed by atoms with Gasteiger partial charge in [0.05, 0.1) is 19.6 Å². The predicted octanol–water partition coefficient (Wildman–Crippen LogP) is -0.229. The second-order valence-corrected chi connectivity index (χ2v) is 5.24. The minimum Gasteiger partial charge on any atom is -0.351 e. The van der Waals surface area contributed by atoms with Crippen molar-refractivity contribution >= 4 is 5.91 Å². The number of rotatable bonds is 3. The summed E-state index contributed by atoms with van der Waals surface area (Å²) in [7, 11) is 0. The van der Waals surface area contributed by atoms with Gasteiger partial charge in [0.1, 0.15) is 0 Å². The molecular formula is C12H19N5O2. The average Bonchev–Trinajstić information content (AvgIpc) is 2.86. The van der Waals surface area contributed by atoms with Gasteiger partial charge in [-0.2, -0.15) is 4.98 Å². The average molecular weight is 265 g/mol. The molecule has 1 aliphatic carbocycles. The summed E-state index contributed by atoms with van der Waals surface area (Å²) in [6, 6.07) is 0.669. The van der Waals surface area contributed by atoms with E-state index in [1.807, 2.05) is 0 Å². The molecule has 2 atom stereocenters. The van der Waals surface area contributed by atoms with Gasteiger partial charge >= 0.3 is 0 Å². The number of amides is 1. The standard InChI is InChI=1S/C12H19N5O2/c13-5-12-15-10(16-19-12)6-17-7-11(18)14-8-3-1-2-4-9(8)17/h8-9H,1-7,13H2,(H,14,18). The molecule has 19 heavy (non-hydrogen) atoms. The Morgan fingerprint density at radius 3 is 3.05 bits per heavy atom. The summed E-state index contributed by atoms with van der Waals surface area (Å²) in [5, 5.41) is 6.99. The number of nitrogens with two attached hydrogens (primary N) is 1. The number of aromatic nitrogens is 2. The molecule has 1 aromatic rings. The van der Waals surface area contributed by atoms with Gasteiger partial charge in [-0.05, 0) is 12.8 Å². The Hall–Kier alpha value is -1.47. The van der Waals surface area contributed by atoms with E-state index in [0.717, 1.165) is 12.8 Å². The number of hydrogen-bond donors (Lipinski definition) is 2. The number of piperazine rings is 1. The first-order valence-corrected chi connectivity index (χ1v) is 6.81. The molecule has 0 bridgehead atoms. The summed E-state index contributed by atoms with van der Waals surface area (Å²) in [6.45, 7) is 1.21. The first-order valence-electron chi connectivity index (χ1n) is 6.81. The fourth-order valence-electron chi connectivity index (χ4n) is 3.06. The van der Waals surface area contributed by atoms with Crippen molar-refractivity contribution in [2.75, 3.05) is 6.54 Å². The van der Waals surface area contributed by atoms with Crippen molar-refractivity contribution in [3.05, 3.63) is 11.7 Å². The van der Waals surface area contributed by atoms with Gasteiger partial charge in [0.25, 0.3) is 0 Å². The molecule has 2 unspecified atom stereocenters. The molecule has 0 radical (unpaired) electrons. The minimum absolute atomic E-state index is 0.0886. The van der Waals surface area contributed by atoms with E-state index < -0.39 is 0 Å². The topological polar surface area (TPSA) is 97.3 Å². The maximum atomic E-state index is 11.7. The third kappa shape index (κ3) is 2.62. The van der Waals surface area contributed by atoms with Crippen LogP contribution in [0.5, 0.6) is 0 Å². The maximum Gasteiger partial charge on any atom is 0.240 e. The Bertz CT molecular complexity index is 461. The summed E-state index contributed by atoms with van der Waals surface area (Å²) in [4.78, 5) is 18.1. The van der Waals surface area contributed by atoms with Crippen LogP contribution in [0.1, 0.15) is 37.4 Å². The molecule has 2 heterocycles. The van der Waals surface area contributed by atoms with Crippen LogP contribution in [0.3, 0.4) is 0 Å². The third-order valence-electron chi connectivity index (χ3n) is 3.92. The van der Waals surface area contributed by atoms with Gasteiger partial charge in [-0.15, -0.1) is 0 Å². The molecule has 0 spiro atoms. The van der Waals surface area contributed by atoms with Crippen molar-refractivity contribution in [2.24, 2.45) is 5.73 Å². The van der Waals surface area contributed by atoms with Gasteiger partial charge in [0.2, 0.25) is 11.8 Å². The largest absolute Gasteiger partial charge is 0.351 e. The molecule has 2 fully saturated rings. The van der Waals surface area contributed by atoms with E-state index in [9.17, 15) is 4.79 Å². The fraction of sp³-hybridized carbons (Fsp3) is 0.750. The maximum absolute atomic E-state index is 11.7. The fourth-order valence-corrected chi connectivity index (χ4v) is 3.06.